The van der Waals surface area contributed by atoms with Crippen molar-refractivity contribution in [1.82, 2.24) is 4.98 Å². The van der Waals surface area contributed by atoms with Crippen LogP contribution >= 0.6 is 0 Å². The Hall–Kier alpha value is -2.56. The maximum atomic E-state index is 11.0. The van der Waals surface area contributed by atoms with Gasteiger partial charge >= 0.3 is 0 Å². The van der Waals surface area contributed by atoms with Gasteiger partial charge in [-0.25, -0.2) is 0 Å². The van der Waals surface area contributed by atoms with Crippen LogP contribution in [0.1, 0.15) is 23.0 Å². The van der Waals surface area contributed by atoms with Gasteiger partial charge in [-0.1, -0.05) is 0 Å². The Kier molecular flexibility index (Phi) is 4.55. The van der Waals surface area contributed by atoms with Crippen molar-refractivity contribution in [3.05, 3.63) is 53.9 Å². The van der Waals surface area contributed by atoms with Gasteiger partial charge in [0.25, 0.3) is 0 Å². The van der Waals surface area contributed by atoms with Gasteiger partial charge < -0.3 is 15.8 Å². The van der Waals surface area contributed by atoms with Gasteiger partial charge in [-0.15, -0.1) is 0 Å². The minimum atomic E-state index is -0.448. The molecule has 2 rings (SSSR count). The van der Waals surface area contributed by atoms with Gasteiger partial charge in [0.2, 0.25) is 5.91 Å². The van der Waals surface area contributed by atoms with E-state index in [-0.39, 0.29) is 0 Å². The molecule has 20 heavy (non-hydrogen) atoms. The lowest BCUT2D eigenvalue weighted by atomic mass is 10.2. The van der Waals surface area contributed by atoms with Crippen molar-refractivity contribution in [2.24, 2.45) is 5.73 Å². The van der Waals surface area contributed by atoms with Gasteiger partial charge in [0.15, 0.2) is 0 Å². The molecule has 0 unspecified atom stereocenters. The Bertz CT molecular complexity index is 582. The number of primary amides is 1. The molecule has 0 aliphatic heterocycles. The molecular formula is C15H17N3O2. The van der Waals surface area contributed by atoms with E-state index < -0.39 is 5.91 Å². The first-order valence-electron chi connectivity index (χ1n) is 6.40. The molecule has 0 aliphatic carbocycles. The van der Waals surface area contributed by atoms with E-state index in [1.165, 1.54) is 0 Å². The number of hydrogen-bond donors (Lipinski definition) is 2. The fourth-order valence-electron chi connectivity index (χ4n) is 1.74. The lowest BCUT2D eigenvalue weighted by Crippen LogP contribution is -2.10. The number of ether oxygens (including phenoxy) is 1. The number of rotatable bonds is 6. The van der Waals surface area contributed by atoms with E-state index in [0.29, 0.717) is 17.9 Å². The van der Waals surface area contributed by atoms with Crippen LogP contribution in [-0.2, 0) is 6.61 Å². The molecule has 0 bridgehead atoms. The minimum absolute atomic E-state index is 0.370. The number of amides is 1. The summed E-state index contributed by atoms with van der Waals surface area (Å²) in [5, 5.41) is 3.22. The van der Waals surface area contributed by atoms with Gasteiger partial charge in [-0.05, 0) is 43.3 Å². The third-order valence-electron chi connectivity index (χ3n) is 2.72. The van der Waals surface area contributed by atoms with Gasteiger partial charge in [0, 0.05) is 24.0 Å². The summed E-state index contributed by atoms with van der Waals surface area (Å²) in [5.74, 6) is 0.224. The number of nitrogens with two attached hydrogens (primary N) is 1. The van der Waals surface area contributed by atoms with Crippen molar-refractivity contribution in [3.8, 4) is 5.75 Å². The van der Waals surface area contributed by atoms with E-state index in [1.54, 1.807) is 30.5 Å². The monoisotopic (exact) mass is 271 g/mol. The molecule has 0 saturated heterocycles. The molecule has 104 valence electrons. The van der Waals surface area contributed by atoms with Crippen molar-refractivity contribution in [3.63, 3.8) is 0 Å². The van der Waals surface area contributed by atoms with Crippen LogP contribution in [0.4, 0.5) is 5.69 Å². The quantitative estimate of drug-likeness (QED) is 0.844. The number of pyridine rings is 1. The standard InChI is InChI=1S/C15H17N3O2/c1-2-17-12-7-8-18-13(9-12)10-20-14-5-3-11(4-6-14)15(16)19/h3-9H,2,10H2,1H3,(H2,16,19)(H,17,18). The first-order valence-corrected chi connectivity index (χ1v) is 6.40. The predicted molar refractivity (Wildman–Crippen MR) is 77.7 cm³/mol. The van der Waals surface area contributed by atoms with Crippen LogP contribution in [0.2, 0.25) is 0 Å². The summed E-state index contributed by atoms with van der Waals surface area (Å²) >= 11 is 0. The van der Waals surface area contributed by atoms with E-state index in [9.17, 15) is 4.79 Å². The van der Waals surface area contributed by atoms with E-state index in [1.807, 2.05) is 19.1 Å². The van der Waals surface area contributed by atoms with Crippen molar-refractivity contribution >= 4 is 11.6 Å². The maximum absolute atomic E-state index is 11.0. The van der Waals surface area contributed by atoms with Gasteiger partial charge in [-0.2, -0.15) is 0 Å². The molecule has 0 aliphatic rings. The second kappa shape index (κ2) is 6.56. The number of nitrogens with one attached hydrogen (secondary N) is 1. The van der Waals surface area contributed by atoms with Crippen LogP contribution in [0.5, 0.6) is 5.75 Å². The highest BCUT2D eigenvalue weighted by Gasteiger charge is 2.02. The zero-order chi connectivity index (χ0) is 14.4. The smallest absolute Gasteiger partial charge is 0.248 e. The molecule has 1 amide bonds. The number of anilines is 1. The maximum Gasteiger partial charge on any atom is 0.248 e. The van der Waals surface area contributed by atoms with Crippen molar-refractivity contribution in [2.45, 2.75) is 13.5 Å². The van der Waals surface area contributed by atoms with Gasteiger partial charge in [0.1, 0.15) is 12.4 Å². The topological polar surface area (TPSA) is 77.2 Å². The second-order valence-electron chi connectivity index (χ2n) is 4.24. The third kappa shape index (κ3) is 3.71. The van der Waals surface area contributed by atoms with Crippen LogP contribution < -0.4 is 15.8 Å². The average Bonchev–Trinajstić information content (AvgIpc) is 2.46. The Labute approximate surface area is 117 Å². The SMILES string of the molecule is CCNc1ccnc(COc2ccc(C(N)=O)cc2)c1. The van der Waals surface area contributed by atoms with Crippen LogP contribution in [0.3, 0.4) is 0 Å². The van der Waals surface area contributed by atoms with E-state index in [4.69, 9.17) is 10.5 Å². The highest BCUT2D eigenvalue weighted by molar-refractivity contribution is 5.92. The van der Waals surface area contributed by atoms with Crippen LogP contribution in [0, 0.1) is 0 Å². The number of carbonyl (C=O) groups is 1. The Balaban J connectivity index is 1.97. The Morgan fingerprint density at radius 2 is 2.05 bits per heavy atom. The normalized spacial score (nSPS) is 10.1. The average molecular weight is 271 g/mol. The summed E-state index contributed by atoms with van der Waals surface area (Å²) in [6.07, 6.45) is 1.74. The highest BCUT2D eigenvalue weighted by Crippen LogP contribution is 2.14. The molecule has 1 aromatic heterocycles. The van der Waals surface area contributed by atoms with E-state index in [2.05, 4.69) is 10.3 Å². The van der Waals surface area contributed by atoms with Gasteiger partial charge in [0.05, 0.1) is 5.69 Å². The highest BCUT2D eigenvalue weighted by atomic mass is 16.5. The predicted octanol–water partition coefficient (Wildman–Crippen LogP) is 2.19. The van der Waals surface area contributed by atoms with Crippen molar-refractivity contribution in [1.29, 1.82) is 0 Å². The number of hydrogen-bond acceptors (Lipinski definition) is 4. The lowest BCUT2D eigenvalue weighted by Gasteiger charge is -2.08. The Morgan fingerprint density at radius 1 is 1.30 bits per heavy atom. The molecule has 1 aromatic carbocycles. The number of carbonyl (C=O) groups excluding carboxylic acids is 1. The summed E-state index contributed by atoms with van der Waals surface area (Å²) in [6, 6.07) is 10.6. The zero-order valence-corrected chi connectivity index (χ0v) is 11.3. The Morgan fingerprint density at radius 3 is 2.70 bits per heavy atom. The molecule has 0 spiro atoms. The molecule has 0 saturated carbocycles. The lowest BCUT2D eigenvalue weighted by molar-refractivity contribution is 0.100. The number of nitrogens with zero attached hydrogens (tertiary/aromatic N) is 1. The van der Waals surface area contributed by atoms with Gasteiger partial charge in [-0.3, -0.25) is 9.78 Å². The number of benzene rings is 1. The molecule has 2 aromatic rings. The van der Waals surface area contributed by atoms with Crippen molar-refractivity contribution in [2.75, 3.05) is 11.9 Å². The largest absolute Gasteiger partial charge is 0.487 e. The van der Waals surface area contributed by atoms with Crippen LogP contribution in [0.25, 0.3) is 0 Å². The summed E-state index contributed by atoms with van der Waals surface area (Å²) in [7, 11) is 0. The molecule has 0 radical (unpaired) electrons. The molecule has 0 fully saturated rings. The first kappa shape index (κ1) is 13.9. The minimum Gasteiger partial charge on any atom is -0.487 e. The van der Waals surface area contributed by atoms with E-state index >= 15 is 0 Å². The molecule has 3 N–H and O–H groups in total. The molecule has 0 atom stereocenters. The fourth-order valence-corrected chi connectivity index (χ4v) is 1.74. The summed E-state index contributed by atoms with van der Waals surface area (Å²) in [6.45, 7) is 3.27. The van der Waals surface area contributed by atoms with Crippen molar-refractivity contribution < 1.29 is 9.53 Å². The second-order valence-corrected chi connectivity index (χ2v) is 4.24. The van der Waals surface area contributed by atoms with Crippen LogP contribution in [0.15, 0.2) is 42.6 Å². The molecule has 5 nitrogen and oxygen atoms in total. The summed E-state index contributed by atoms with van der Waals surface area (Å²) in [5.41, 5.74) is 7.49. The zero-order valence-electron chi connectivity index (χ0n) is 11.3. The summed E-state index contributed by atoms with van der Waals surface area (Å²) < 4.78 is 5.62. The third-order valence-corrected chi connectivity index (χ3v) is 2.72. The summed E-state index contributed by atoms with van der Waals surface area (Å²) in [4.78, 5) is 15.2. The number of aromatic nitrogens is 1. The fraction of sp³-hybridized carbons (Fsp3) is 0.200. The molecule has 5 heteroatoms. The van der Waals surface area contributed by atoms with E-state index in [0.717, 1.165) is 17.9 Å². The molecule has 1 heterocycles. The first-order chi connectivity index (χ1) is 9.69. The molecular weight excluding hydrogens is 254 g/mol. The van der Waals surface area contributed by atoms with Crippen LogP contribution in [-0.4, -0.2) is 17.4 Å².